The van der Waals surface area contributed by atoms with E-state index < -0.39 is 0 Å². The monoisotopic (exact) mass is 389 g/mol. The number of hydrogen-bond acceptors (Lipinski definition) is 4. The van der Waals surface area contributed by atoms with Gasteiger partial charge in [-0.3, -0.25) is 9.59 Å². The van der Waals surface area contributed by atoms with E-state index in [1.54, 1.807) is 0 Å². The van der Waals surface area contributed by atoms with Gasteiger partial charge >= 0.3 is 0 Å². The van der Waals surface area contributed by atoms with Crippen molar-refractivity contribution in [3.8, 4) is 0 Å². The lowest BCUT2D eigenvalue weighted by Crippen LogP contribution is -2.50. The van der Waals surface area contributed by atoms with E-state index in [0.717, 1.165) is 25.8 Å². The second-order valence-electron chi connectivity index (χ2n) is 5.93. The van der Waals surface area contributed by atoms with Gasteiger partial charge in [0, 0.05) is 24.8 Å². The van der Waals surface area contributed by atoms with Crippen LogP contribution >= 0.6 is 24.2 Å². The molecular formula is C17H25ClFN3O2S. The van der Waals surface area contributed by atoms with Crippen molar-refractivity contribution in [2.24, 2.45) is 5.73 Å². The Hall–Kier alpha value is -1.31. The van der Waals surface area contributed by atoms with E-state index in [1.165, 1.54) is 36.0 Å². The number of carbonyl (C=O) groups is 2. The average molecular weight is 390 g/mol. The van der Waals surface area contributed by atoms with Crippen molar-refractivity contribution in [3.63, 3.8) is 0 Å². The molecule has 0 bridgehead atoms. The zero-order chi connectivity index (χ0) is 17.5. The van der Waals surface area contributed by atoms with Crippen LogP contribution in [0.25, 0.3) is 0 Å². The van der Waals surface area contributed by atoms with Crippen LogP contribution in [-0.4, -0.2) is 46.8 Å². The molecule has 1 aromatic rings. The number of halogens is 2. The summed E-state index contributed by atoms with van der Waals surface area (Å²) in [5.41, 5.74) is 6.30. The molecule has 5 nitrogen and oxygen atoms in total. The van der Waals surface area contributed by atoms with Crippen molar-refractivity contribution in [1.29, 1.82) is 0 Å². The van der Waals surface area contributed by atoms with Crippen LogP contribution in [0.15, 0.2) is 24.3 Å². The van der Waals surface area contributed by atoms with Crippen LogP contribution < -0.4 is 11.1 Å². The fraction of sp³-hybridized carbons (Fsp3) is 0.529. The molecule has 0 radical (unpaired) electrons. The number of anilines is 1. The zero-order valence-corrected chi connectivity index (χ0v) is 15.9. The number of amides is 2. The quantitative estimate of drug-likeness (QED) is 0.784. The lowest BCUT2D eigenvalue weighted by molar-refractivity contribution is -0.133. The standard InChI is InChI=1S/C17H24FN3O2S.ClH/c1-12(17(23)21-9-3-2-4-15(21)10-19)24-11-16(22)20-14-7-5-13(18)6-8-14;/h5-8,12,15H,2-4,9-11,19H2,1H3,(H,20,22);1H. The molecule has 140 valence electrons. The summed E-state index contributed by atoms with van der Waals surface area (Å²) in [6.07, 6.45) is 3.06. The Kier molecular flexibility index (Phi) is 9.24. The van der Waals surface area contributed by atoms with E-state index in [-0.39, 0.29) is 47.1 Å². The molecule has 2 unspecified atom stereocenters. The molecule has 0 spiro atoms. The number of rotatable bonds is 6. The number of carbonyl (C=O) groups excluding carboxylic acids is 2. The molecule has 1 aliphatic rings. The molecule has 1 aromatic carbocycles. The summed E-state index contributed by atoms with van der Waals surface area (Å²) in [4.78, 5) is 26.4. The summed E-state index contributed by atoms with van der Waals surface area (Å²) < 4.78 is 12.8. The van der Waals surface area contributed by atoms with Gasteiger partial charge in [-0.25, -0.2) is 4.39 Å². The molecule has 8 heteroatoms. The number of nitrogens with two attached hydrogens (primary N) is 1. The van der Waals surface area contributed by atoms with E-state index in [4.69, 9.17) is 5.73 Å². The zero-order valence-electron chi connectivity index (χ0n) is 14.2. The lowest BCUT2D eigenvalue weighted by Gasteiger charge is -2.36. The van der Waals surface area contributed by atoms with Crippen LogP contribution in [0.2, 0.25) is 0 Å². The fourth-order valence-corrected chi connectivity index (χ4v) is 3.52. The number of nitrogens with zero attached hydrogens (tertiary/aromatic N) is 1. The molecule has 1 saturated heterocycles. The van der Waals surface area contributed by atoms with E-state index >= 15 is 0 Å². The van der Waals surface area contributed by atoms with Gasteiger partial charge in [0.2, 0.25) is 11.8 Å². The highest BCUT2D eigenvalue weighted by molar-refractivity contribution is 8.01. The molecule has 0 aromatic heterocycles. The van der Waals surface area contributed by atoms with Gasteiger partial charge in [0.15, 0.2) is 0 Å². The molecule has 25 heavy (non-hydrogen) atoms. The highest BCUT2D eigenvalue weighted by Crippen LogP contribution is 2.21. The van der Waals surface area contributed by atoms with Gasteiger partial charge in [-0.15, -0.1) is 24.2 Å². The normalized spacial score (nSPS) is 18.2. The highest BCUT2D eigenvalue weighted by atomic mass is 35.5. The van der Waals surface area contributed by atoms with E-state index in [9.17, 15) is 14.0 Å². The van der Waals surface area contributed by atoms with Crippen molar-refractivity contribution in [1.82, 2.24) is 4.90 Å². The summed E-state index contributed by atoms with van der Waals surface area (Å²) in [5, 5.41) is 2.40. The molecule has 1 fully saturated rings. The van der Waals surface area contributed by atoms with Crippen molar-refractivity contribution < 1.29 is 14.0 Å². The molecule has 1 heterocycles. The maximum Gasteiger partial charge on any atom is 0.235 e. The minimum absolute atomic E-state index is 0. The van der Waals surface area contributed by atoms with Crippen molar-refractivity contribution in [2.75, 3.05) is 24.2 Å². The number of hydrogen-bond donors (Lipinski definition) is 2. The maximum absolute atomic E-state index is 12.8. The Bertz CT molecular complexity index is 574. The minimum Gasteiger partial charge on any atom is -0.337 e. The smallest absolute Gasteiger partial charge is 0.235 e. The van der Waals surface area contributed by atoms with Crippen LogP contribution in [-0.2, 0) is 9.59 Å². The van der Waals surface area contributed by atoms with Gasteiger partial charge in [-0.05, 0) is 50.5 Å². The van der Waals surface area contributed by atoms with E-state index in [1.807, 2.05) is 11.8 Å². The Morgan fingerprint density at radius 2 is 2.04 bits per heavy atom. The topological polar surface area (TPSA) is 75.4 Å². The second-order valence-corrected chi connectivity index (χ2v) is 7.25. The third-order valence-electron chi connectivity index (χ3n) is 4.12. The highest BCUT2D eigenvalue weighted by Gasteiger charge is 2.29. The predicted molar refractivity (Wildman–Crippen MR) is 103 cm³/mol. The molecule has 1 aliphatic heterocycles. The third-order valence-corrected chi connectivity index (χ3v) is 5.25. The molecule has 2 rings (SSSR count). The van der Waals surface area contributed by atoms with Crippen LogP contribution in [0.3, 0.4) is 0 Å². The summed E-state index contributed by atoms with van der Waals surface area (Å²) >= 11 is 1.30. The van der Waals surface area contributed by atoms with E-state index in [2.05, 4.69) is 5.32 Å². The first-order valence-electron chi connectivity index (χ1n) is 8.19. The maximum atomic E-state index is 12.8. The largest absolute Gasteiger partial charge is 0.337 e. The first-order valence-corrected chi connectivity index (χ1v) is 9.23. The SMILES string of the molecule is CC(SCC(=O)Nc1ccc(F)cc1)C(=O)N1CCCCC1CN.Cl. The predicted octanol–water partition coefficient (Wildman–Crippen LogP) is 2.65. The van der Waals surface area contributed by atoms with Crippen LogP contribution in [0.1, 0.15) is 26.2 Å². The first-order chi connectivity index (χ1) is 11.5. The molecular weight excluding hydrogens is 365 g/mol. The van der Waals surface area contributed by atoms with Crippen molar-refractivity contribution >= 4 is 41.7 Å². The summed E-state index contributed by atoms with van der Waals surface area (Å²) in [5.74, 6) is -0.339. The number of piperidine rings is 1. The number of thioether (sulfide) groups is 1. The first kappa shape index (κ1) is 21.7. The van der Waals surface area contributed by atoms with Crippen LogP contribution in [0, 0.1) is 5.82 Å². The fourth-order valence-electron chi connectivity index (χ4n) is 2.77. The molecule has 3 N–H and O–H groups in total. The Morgan fingerprint density at radius 3 is 2.68 bits per heavy atom. The lowest BCUT2D eigenvalue weighted by atomic mass is 10.0. The summed E-state index contributed by atoms with van der Waals surface area (Å²) in [6.45, 7) is 3.04. The van der Waals surface area contributed by atoms with Crippen LogP contribution in [0.5, 0.6) is 0 Å². The van der Waals surface area contributed by atoms with Crippen molar-refractivity contribution in [3.05, 3.63) is 30.1 Å². The number of likely N-dealkylation sites (tertiary alicyclic amines) is 1. The molecule has 0 aliphatic carbocycles. The van der Waals surface area contributed by atoms with Crippen molar-refractivity contribution in [2.45, 2.75) is 37.5 Å². The number of benzene rings is 1. The number of nitrogens with one attached hydrogen (secondary N) is 1. The second kappa shape index (κ2) is 10.6. The van der Waals surface area contributed by atoms with Crippen LogP contribution in [0.4, 0.5) is 10.1 Å². The molecule has 0 saturated carbocycles. The van der Waals surface area contributed by atoms with Gasteiger partial charge in [0.1, 0.15) is 5.82 Å². The van der Waals surface area contributed by atoms with Gasteiger partial charge in [0.05, 0.1) is 11.0 Å². The molecule has 2 amide bonds. The van der Waals surface area contributed by atoms with E-state index in [0.29, 0.717) is 12.2 Å². The Labute approximate surface area is 158 Å². The van der Waals surface area contributed by atoms with Gasteiger partial charge < -0.3 is 16.0 Å². The molecule has 2 atom stereocenters. The summed E-state index contributed by atoms with van der Waals surface area (Å²) in [6, 6.07) is 5.71. The Balaban J connectivity index is 0.00000312. The minimum atomic E-state index is -0.349. The Morgan fingerprint density at radius 1 is 1.36 bits per heavy atom. The summed E-state index contributed by atoms with van der Waals surface area (Å²) in [7, 11) is 0. The van der Waals surface area contributed by atoms with Gasteiger partial charge in [0.25, 0.3) is 0 Å². The van der Waals surface area contributed by atoms with Gasteiger partial charge in [-0.1, -0.05) is 0 Å². The average Bonchev–Trinajstić information content (AvgIpc) is 2.61. The van der Waals surface area contributed by atoms with Gasteiger partial charge in [-0.2, -0.15) is 0 Å². The third kappa shape index (κ3) is 6.49.